The largest absolute Gasteiger partial charge is 0.477 e. The van der Waals surface area contributed by atoms with Gasteiger partial charge < -0.3 is 9.84 Å². The number of aromatic nitrogens is 1. The number of esters is 1. The molecule has 74 valence electrons. The number of ether oxygens (including phenoxy) is 1. The lowest BCUT2D eigenvalue weighted by Gasteiger charge is -2.01. The van der Waals surface area contributed by atoms with Gasteiger partial charge in [0.1, 0.15) is 10.3 Å². The van der Waals surface area contributed by atoms with Gasteiger partial charge in [0.05, 0.1) is 12.7 Å². The molecule has 1 aromatic rings. The molecule has 0 saturated heterocycles. The van der Waals surface area contributed by atoms with Crippen LogP contribution in [0.15, 0.2) is 16.7 Å². The molecule has 0 saturated carbocycles. The van der Waals surface area contributed by atoms with Gasteiger partial charge in [0.25, 0.3) is 0 Å². The lowest BCUT2D eigenvalue weighted by Crippen LogP contribution is -2.07. The second kappa shape index (κ2) is 4.19. The van der Waals surface area contributed by atoms with E-state index < -0.39 is 11.9 Å². The quantitative estimate of drug-likeness (QED) is 0.641. The third-order valence-corrected chi connectivity index (χ3v) is 1.84. The molecule has 0 aliphatic carbocycles. The summed E-state index contributed by atoms with van der Waals surface area (Å²) in [6, 6.07) is 2.54. The summed E-state index contributed by atoms with van der Waals surface area (Å²) in [6.45, 7) is 0. The smallest absolute Gasteiger partial charge is 0.354 e. The van der Waals surface area contributed by atoms with Crippen molar-refractivity contribution in [2.45, 2.75) is 0 Å². The van der Waals surface area contributed by atoms with Crippen molar-refractivity contribution in [3.63, 3.8) is 0 Å². The summed E-state index contributed by atoms with van der Waals surface area (Å²) in [5.41, 5.74) is -0.0634. The molecule has 0 amide bonds. The fraction of sp³-hybridized carbons (Fsp3) is 0.125. The van der Waals surface area contributed by atoms with Crippen molar-refractivity contribution in [2.75, 3.05) is 7.11 Å². The highest BCUT2D eigenvalue weighted by Crippen LogP contribution is 2.12. The standard InChI is InChI=1S/C8H6BrNO4/c1-14-8(13)4-2-5(7(11)12)10-6(9)3-4/h2-3H,1H3,(H,11,12). The topological polar surface area (TPSA) is 76.5 Å². The third kappa shape index (κ3) is 2.29. The van der Waals surface area contributed by atoms with Gasteiger partial charge in [-0.1, -0.05) is 0 Å². The summed E-state index contributed by atoms with van der Waals surface area (Å²) in [6.07, 6.45) is 0. The van der Waals surface area contributed by atoms with Crippen LogP contribution in [0.3, 0.4) is 0 Å². The average Bonchev–Trinajstić information content (AvgIpc) is 2.15. The maximum absolute atomic E-state index is 11.1. The minimum absolute atomic E-state index is 0.145. The van der Waals surface area contributed by atoms with E-state index >= 15 is 0 Å². The van der Waals surface area contributed by atoms with Gasteiger partial charge >= 0.3 is 11.9 Å². The van der Waals surface area contributed by atoms with Crippen LogP contribution in [0.1, 0.15) is 20.8 Å². The Balaban J connectivity index is 3.20. The van der Waals surface area contributed by atoms with Crippen molar-refractivity contribution in [3.8, 4) is 0 Å². The van der Waals surface area contributed by atoms with Gasteiger partial charge in [0, 0.05) is 0 Å². The molecule has 0 bridgehead atoms. The van der Waals surface area contributed by atoms with Crippen molar-refractivity contribution >= 4 is 27.9 Å². The van der Waals surface area contributed by atoms with E-state index in [1.807, 2.05) is 0 Å². The van der Waals surface area contributed by atoms with Crippen LogP contribution in [0.25, 0.3) is 0 Å². The Hall–Kier alpha value is -1.43. The van der Waals surface area contributed by atoms with Crippen molar-refractivity contribution in [3.05, 3.63) is 28.0 Å². The molecular formula is C8H6BrNO4. The van der Waals surface area contributed by atoms with Crippen LogP contribution in [0, 0.1) is 0 Å². The fourth-order valence-corrected chi connectivity index (χ4v) is 1.28. The van der Waals surface area contributed by atoms with Crippen molar-refractivity contribution < 1.29 is 19.4 Å². The predicted molar refractivity (Wildman–Crippen MR) is 50.2 cm³/mol. The predicted octanol–water partition coefficient (Wildman–Crippen LogP) is 1.33. The molecule has 0 spiro atoms. The van der Waals surface area contributed by atoms with Crippen LogP contribution in [0.4, 0.5) is 0 Å². The maximum Gasteiger partial charge on any atom is 0.354 e. The highest BCUT2D eigenvalue weighted by Gasteiger charge is 2.12. The second-order valence-corrected chi connectivity index (χ2v) is 3.17. The van der Waals surface area contributed by atoms with Crippen molar-refractivity contribution in [1.82, 2.24) is 4.98 Å². The zero-order valence-corrected chi connectivity index (χ0v) is 8.74. The number of methoxy groups -OCH3 is 1. The Kier molecular flexibility index (Phi) is 3.19. The summed E-state index contributed by atoms with van der Waals surface area (Å²) in [5, 5.41) is 8.65. The number of rotatable bonds is 2. The van der Waals surface area contributed by atoms with E-state index in [1.165, 1.54) is 13.2 Å². The first-order valence-corrected chi connectivity index (χ1v) is 4.33. The molecule has 0 aliphatic rings. The molecule has 14 heavy (non-hydrogen) atoms. The maximum atomic E-state index is 11.1. The molecule has 1 rings (SSSR count). The molecule has 0 fully saturated rings. The molecule has 1 heterocycles. The van der Waals surface area contributed by atoms with Gasteiger partial charge in [-0.2, -0.15) is 0 Å². The van der Waals surface area contributed by atoms with Gasteiger partial charge in [-0.15, -0.1) is 0 Å². The summed E-state index contributed by atoms with van der Waals surface area (Å²) in [5.74, 6) is -1.80. The van der Waals surface area contributed by atoms with E-state index in [1.54, 1.807) is 0 Å². The first-order chi connectivity index (χ1) is 6.54. The number of carboxylic acid groups (broad SMARTS) is 1. The number of hydrogen-bond donors (Lipinski definition) is 1. The molecular weight excluding hydrogens is 254 g/mol. The number of carboxylic acids is 1. The summed E-state index contributed by atoms with van der Waals surface area (Å²) in [4.78, 5) is 25.3. The lowest BCUT2D eigenvalue weighted by atomic mass is 10.2. The summed E-state index contributed by atoms with van der Waals surface area (Å²) >= 11 is 3.00. The Morgan fingerprint density at radius 2 is 2.14 bits per heavy atom. The van der Waals surface area contributed by atoms with Crippen LogP contribution in [-0.2, 0) is 4.74 Å². The number of nitrogens with zero attached hydrogens (tertiary/aromatic N) is 1. The SMILES string of the molecule is COC(=O)c1cc(Br)nc(C(=O)O)c1. The molecule has 0 unspecified atom stereocenters. The molecule has 1 N–H and O–H groups in total. The Bertz CT molecular complexity index is 391. The van der Waals surface area contributed by atoms with Crippen LogP contribution >= 0.6 is 15.9 Å². The zero-order chi connectivity index (χ0) is 10.7. The van der Waals surface area contributed by atoms with Crippen LogP contribution in [0.2, 0.25) is 0 Å². The third-order valence-electron chi connectivity index (χ3n) is 1.43. The van der Waals surface area contributed by atoms with Crippen LogP contribution < -0.4 is 0 Å². The van der Waals surface area contributed by atoms with Crippen molar-refractivity contribution in [1.29, 1.82) is 0 Å². The first kappa shape index (κ1) is 10.6. The Labute approximate surface area is 87.8 Å². The average molecular weight is 260 g/mol. The van der Waals surface area contributed by atoms with Gasteiger partial charge in [-0.3, -0.25) is 0 Å². The molecule has 0 atom stereocenters. The van der Waals surface area contributed by atoms with E-state index in [-0.39, 0.29) is 15.9 Å². The van der Waals surface area contributed by atoms with E-state index in [0.29, 0.717) is 0 Å². The second-order valence-electron chi connectivity index (χ2n) is 2.36. The highest BCUT2D eigenvalue weighted by molar-refractivity contribution is 9.10. The number of carbonyl (C=O) groups excluding carboxylic acids is 1. The molecule has 0 aromatic carbocycles. The van der Waals surface area contributed by atoms with Gasteiger partial charge in [-0.25, -0.2) is 14.6 Å². The van der Waals surface area contributed by atoms with Crippen LogP contribution in [0.5, 0.6) is 0 Å². The minimum atomic E-state index is -1.20. The van der Waals surface area contributed by atoms with Crippen molar-refractivity contribution in [2.24, 2.45) is 0 Å². The number of aromatic carboxylic acids is 1. The monoisotopic (exact) mass is 259 g/mol. The fourth-order valence-electron chi connectivity index (χ4n) is 0.842. The molecule has 6 heteroatoms. The Morgan fingerprint density at radius 3 is 2.64 bits per heavy atom. The van der Waals surface area contributed by atoms with Gasteiger partial charge in [0.2, 0.25) is 0 Å². The van der Waals surface area contributed by atoms with E-state index in [4.69, 9.17) is 5.11 Å². The highest BCUT2D eigenvalue weighted by atomic mass is 79.9. The molecule has 0 radical (unpaired) electrons. The Morgan fingerprint density at radius 1 is 1.50 bits per heavy atom. The minimum Gasteiger partial charge on any atom is -0.477 e. The molecule has 5 nitrogen and oxygen atoms in total. The summed E-state index contributed by atoms with van der Waals surface area (Å²) in [7, 11) is 1.22. The molecule has 0 aliphatic heterocycles. The van der Waals surface area contributed by atoms with Gasteiger partial charge in [0.15, 0.2) is 0 Å². The number of halogens is 1. The van der Waals surface area contributed by atoms with E-state index in [2.05, 4.69) is 25.7 Å². The first-order valence-electron chi connectivity index (χ1n) is 3.54. The molecule has 1 aromatic heterocycles. The lowest BCUT2D eigenvalue weighted by molar-refractivity contribution is 0.0600. The van der Waals surface area contributed by atoms with Crippen LogP contribution in [-0.4, -0.2) is 29.1 Å². The van der Waals surface area contributed by atoms with Gasteiger partial charge in [-0.05, 0) is 28.1 Å². The number of carbonyl (C=O) groups is 2. The van der Waals surface area contributed by atoms with E-state index in [0.717, 1.165) is 6.07 Å². The number of pyridine rings is 1. The summed E-state index contributed by atoms with van der Waals surface area (Å²) < 4.78 is 4.72. The van der Waals surface area contributed by atoms with E-state index in [9.17, 15) is 9.59 Å². The normalized spacial score (nSPS) is 9.57. The zero-order valence-electron chi connectivity index (χ0n) is 7.15. The number of hydrogen-bond acceptors (Lipinski definition) is 4.